The zero-order valence-corrected chi connectivity index (χ0v) is 12.9. The number of carbonyl (C=O) groups excluding carboxylic acids is 1. The summed E-state index contributed by atoms with van der Waals surface area (Å²) in [5.41, 5.74) is 1.18. The molecule has 1 heterocycles. The summed E-state index contributed by atoms with van der Waals surface area (Å²) in [7, 11) is 3.20. The zero-order chi connectivity index (χ0) is 14.5. The number of nitrogens with one attached hydrogen (secondary N) is 1. The maximum atomic E-state index is 11.4. The van der Waals surface area contributed by atoms with Crippen LogP contribution in [0.25, 0.3) is 0 Å². The number of rotatable bonds is 5. The average molecular weight is 338 g/mol. The normalized spacial score (nSPS) is 12.2. The highest BCUT2D eigenvalue weighted by Crippen LogP contribution is 2.22. The summed E-state index contributed by atoms with van der Waals surface area (Å²) in [5, 5.41) is 3.20. The molecule has 0 aliphatic rings. The number of esters is 1. The van der Waals surface area contributed by atoms with Crippen LogP contribution in [0.4, 0.5) is 0 Å². The second-order valence-corrected chi connectivity index (χ2v) is 5.28. The number of ether oxygens (including phenoxy) is 1. The summed E-state index contributed by atoms with van der Waals surface area (Å²) in [6.45, 7) is 0. The first kappa shape index (κ1) is 14.8. The molecular weight excluding hydrogens is 322 g/mol. The van der Waals surface area contributed by atoms with Gasteiger partial charge < -0.3 is 14.5 Å². The number of hydrogen-bond donors (Lipinski definition) is 1. The van der Waals surface area contributed by atoms with Gasteiger partial charge in [-0.1, -0.05) is 28.1 Å². The lowest BCUT2D eigenvalue weighted by atomic mass is 10.0. The fraction of sp³-hybridized carbons (Fsp3) is 0.267. The minimum Gasteiger partial charge on any atom is -0.463 e. The van der Waals surface area contributed by atoms with Gasteiger partial charge in [0.15, 0.2) is 0 Å². The molecule has 1 atom stereocenters. The Morgan fingerprint density at radius 2 is 2.20 bits per heavy atom. The Morgan fingerprint density at radius 3 is 2.85 bits per heavy atom. The van der Waals surface area contributed by atoms with Gasteiger partial charge in [0.05, 0.1) is 13.2 Å². The van der Waals surface area contributed by atoms with Gasteiger partial charge in [0.2, 0.25) is 5.76 Å². The molecule has 1 aromatic heterocycles. The lowest BCUT2D eigenvalue weighted by Gasteiger charge is -2.13. The Bertz CT molecular complexity index is 594. The van der Waals surface area contributed by atoms with E-state index in [9.17, 15) is 4.79 Å². The molecule has 0 saturated heterocycles. The van der Waals surface area contributed by atoms with E-state index in [1.54, 1.807) is 12.1 Å². The van der Waals surface area contributed by atoms with Gasteiger partial charge in [0.1, 0.15) is 5.76 Å². The quantitative estimate of drug-likeness (QED) is 0.850. The van der Waals surface area contributed by atoms with Crippen LogP contribution in [0, 0.1) is 0 Å². The van der Waals surface area contributed by atoms with Crippen LogP contribution in [-0.2, 0) is 11.2 Å². The first-order chi connectivity index (χ1) is 9.63. The topological polar surface area (TPSA) is 51.5 Å². The smallest absolute Gasteiger partial charge is 0.373 e. The summed E-state index contributed by atoms with van der Waals surface area (Å²) in [6.07, 6.45) is 0.768. The molecule has 0 fully saturated rings. The third kappa shape index (κ3) is 3.49. The number of furan rings is 1. The van der Waals surface area contributed by atoms with Crippen molar-refractivity contribution in [2.45, 2.75) is 12.5 Å². The highest BCUT2D eigenvalue weighted by atomic mass is 79.9. The summed E-state index contributed by atoms with van der Waals surface area (Å²) in [4.78, 5) is 11.4. The van der Waals surface area contributed by atoms with Crippen LogP contribution in [0.3, 0.4) is 0 Å². The maximum absolute atomic E-state index is 11.4. The number of hydrogen-bond acceptors (Lipinski definition) is 4. The van der Waals surface area contributed by atoms with E-state index in [1.807, 2.05) is 19.2 Å². The van der Waals surface area contributed by atoms with Gasteiger partial charge in [0.25, 0.3) is 0 Å². The SMILES string of the molecule is CNC(Cc1cccc(Br)c1)c1ccc(C(=O)OC)o1. The first-order valence-corrected chi connectivity index (χ1v) is 7.03. The third-order valence-corrected chi connectivity index (χ3v) is 3.53. The van der Waals surface area contributed by atoms with Crippen molar-refractivity contribution in [1.82, 2.24) is 5.32 Å². The fourth-order valence-corrected chi connectivity index (χ4v) is 2.44. The van der Waals surface area contributed by atoms with Crippen molar-refractivity contribution in [2.24, 2.45) is 0 Å². The van der Waals surface area contributed by atoms with Crippen molar-refractivity contribution in [3.8, 4) is 0 Å². The zero-order valence-electron chi connectivity index (χ0n) is 11.4. The fourth-order valence-electron chi connectivity index (χ4n) is 1.99. The molecule has 20 heavy (non-hydrogen) atoms. The van der Waals surface area contributed by atoms with Crippen molar-refractivity contribution in [3.63, 3.8) is 0 Å². The second-order valence-electron chi connectivity index (χ2n) is 4.37. The van der Waals surface area contributed by atoms with E-state index < -0.39 is 5.97 Å². The molecule has 2 rings (SSSR count). The number of likely N-dealkylation sites (N-methyl/N-ethyl adjacent to an activating group) is 1. The molecule has 1 N–H and O–H groups in total. The first-order valence-electron chi connectivity index (χ1n) is 6.23. The van der Waals surface area contributed by atoms with Gasteiger partial charge in [-0.15, -0.1) is 0 Å². The van der Waals surface area contributed by atoms with Gasteiger partial charge in [0, 0.05) is 4.47 Å². The van der Waals surface area contributed by atoms with Gasteiger partial charge in [-0.2, -0.15) is 0 Å². The lowest BCUT2D eigenvalue weighted by molar-refractivity contribution is 0.0562. The molecule has 0 amide bonds. The summed E-state index contributed by atoms with van der Waals surface area (Å²) < 4.78 is 11.2. The molecule has 1 aromatic carbocycles. The van der Waals surface area contributed by atoms with Crippen LogP contribution in [0.15, 0.2) is 45.3 Å². The van der Waals surface area contributed by atoms with E-state index >= 15 is 0 Å². The molecule has 0 radical (unpaired) electrons. The predicted molar refractivity (Wildman–Crippen MR) is 79.7 cm³/mol. The maximum Gasteiger partial charge on any atom is 0.373 e. The van der Waals surface area contributed by atoms with Crippen LogP contribution in [0.2, 0.25) is 0 Å². The van der Waals surface area contributed by atoms with Crippen LogP contribution in [0.5, 0.6) is 0 Å². The average Bonchev–Trinajstić information content (AvgIpc) is 2.93. The van der Waals surface area contributed by atoms with Crippen LogP contribution >= 0.6 is 15.9 Å². The summed E-state index contributed by atoms with van der Waals surface area (Å²) >= 11 is 3.46. The van der Waals surface area contributed by atoms with Crippen LogP contribution in [-0.4, -0.2) is 20.1 Å². The van der Waals surface area contributed by atoms with Gasteiger partial charge in [-0.05, 0) is 43.3 Å². The van der Waals surface area contributed by atoms with E-state index in [0.717, 1.165) is 10.9 Å². The highest BCUT2D eigenvalue weighted by molar-refractivity contribution is 9.10. The van der Waals surface area contributed by atoms with Crippen molar-refractivity contribution in [3.05, 3.63) is 58.0 Å². The number of halogens is 1. The molecule has 5 heteroatoms. The van der Waals surface area contributed by atoms with Crippen molar-refractivity contribution in [1.29, 1.82) is 0 Å². The number of carbonyl (C=O) groups is 1. The second kappa shape index (κ2) is 6.72. The molecule has 106 valence electrons. The Hall–Kier alpha value is -1.59. The van der Waals surface area contributed by atoms with Crippen molar-refractivity contribution >= 4 is 21.9 Å². The summed E-state index contributed by atoms with van der Waals surface area (Å²) in [6, 6.07) is 11.5. The molecule has 0 spiro atoms. The molecular formula is C15H16BrNO3. The number of benzene rings is 1. The lowest BCUT2D eigenvalue weighted by Crippen LogP contribution is -2.18. The molecule has 4 nitrogen and oxygen atoms in total. The van der Waals surface area contributed by atoms with Crippen LogP contribution < -0.4 is 5.32 Å². The van der Waals surface area contributed by atoms with Gasteiger partial charge in [-0.3, -0.25) is 0 Å². The van der Waals surface area contributed by atoms with Crippen LogP contribution in [0.1, 0.15) is 27.9 Å². The van der Waals surface area contributed by atoms with Gasteiger partial charge in [-0.25, -0.2) is 4.79 Å². The molecule has 0 aliphatic heterocycles. The highest BCUT2D eigenvalue weighted by Gasteiger charge is 2.17. The molecule has 1 unspecified atom stereocenters. The van der Waals surface area contributed by atoms with E-state index in [4.69, 9.17) is 4.42 Å². The molecule has 0 aliphatic carbocycles. The Kier molecular flexibility index (Phi) is 4.98. The van der Waals surface area contributed by atoms with E-state index in [-0.39, 0.29) is 11.8 Å². The molecule has 0 bridgehead atoms. The molecule has 2 aromatic rings. The predicted octanol–water partition coefficient (Wildman–Crippen LogP) is 3.33. The van der Waals surface area contributed by atoms with Crippen molar-refractivity contribution < 1.29 is 13.9 Å². The number of methoxy groups -OCH3 is 1. The molecule has 0 saturated carbocycles. The van der Waals surface area contributed by atoms with Crippen molar-refractivity contribution in [2.75, 3.05) is 14.2 Å². The van der Waals surface area contributed by atoms with E-state index in [1.165, 1.54) is 12.7 Å². The monoisotopic (exact) mass is 337 g/mol. The Balaban J connectivity index is 2.16. The minimum atomic E-state index is -0.464. The Labute approximate surface area is 126 Å². The van der Waals surface area contributed by atoms with E-state index in [2.05, 4.69) is 38.1 Å². The Morgan fingerprint density at radius 1 is 1.40 bits per heavy atom. The minimum absolute atomic E-state index is 0.00251. The van der Waals surface area contributed by atoms with Gasteiger partial charge >= 0.3 is 5.97 Å². The standard InChI is InChI=1S/C15H16BrNO3/c1-17-12(9-10-4-3-5-11(16)8-10)13-6-7-14(20-13)15(18)19-2/h3-8,12,17H,9H2,1-2H3. The third-order valence-electron chi connectivity index (χ3n) is 3.03. The largest absolute Gasteiger partial charge is 0.463 e. The summed E-state index contributed by atoms with van der Waals surface area (Å²) in [5.74, 6) is 0.471. The van der Waals surface area contributed by atoms with E-state index in [0.29, 0.717) is 5.76 Å².